The highest BCUT2D eigenvalue weighted by atomic mass is 16.3. The van der Waals surface area contributed by atoms with Gasteiger partial charge in [-0.05, 0) is 55.7 Å². The molecule has 0 radical (unpaired) electrons. The van der Waals surface area contributed by atoms with Crippen molar-refractivity contribution in [3.63, 3.8) is 0 Å². The summed E-state index contributed by atoms with van der Waals surface area (Å²) in [5, 5.41) is 19.7. The van der Waals surface area contributed by atoms with Crippen LogP contribution in [0, 0.1) is 5.92 Å². The zero-order valence-corrected chi connectivity index (χ0v) is 21.1. The Labute approximate surface area is 220 Å². The Hall–Kier alpha value is -3.88. The van der Waals surface area contributed by atoms with Gasteiger partial charge in [-0.1, -0.05) is 54.6 Å². The van der Waals surface area contributed by atoms with Crippen LogP contribution in [0.1, 0.15) is 37.7 Å². The zero-order valence-electron chi connectivity index (χ0n) is 21.1. The van der Waals surface area contributed by atoms with E-state index in [0.717, 1.165) is 83.2 Å². The van der Waals surface area contributed by atoms with E-state index in [2.05, 4.69) is 51.5 Å². The van der Waals surface area contributed by atoms with E-state index in [4.69, 9.17) is 15.7 Å². The van der Waals surface area contributed by atoms with Crippen LogP contribution >= 0.6 is 0 Å². The van der Waals surface area contributed by atoms with Gasteiger partial charge in [0.2, 0.25) is 5.95 Å². The molecule has 5 aromatic rings. The molecule has 3 fully saturated rings. The van der Waals surface area contributed by atoms with Gasteiger partial charge >= 0.3 is 0 Å². The lowest BCUT2D eigenvalue weighted by molar-refractivity contribution is -0.106. The minimum atomic E-state index is -0.583. The van der Waals surface area contributed by atoms with E-state index in [-0.39, 0.29) is 0 Å². The van der Waals surface area contributed by atoms with Crippen molar-refractivity contribution < 1.29 is 5.11 Å². The van der Waals surface area contributed by atoms with Crippen LogP contribution in [0.5, 0.6) is 0 Å². The summed E-state index contributed by atoms with van der Waals surface area (Å²) in [7, 11) is 0. The molecule has 0 spiro atoms. The molecule has 2 aromatic carbocycles. The molecule has 38 heavy (non-hydrogen) atoms. The summed E-state index contributed by atoms with van der Waals surface area (Å²) in [6, 6.07) is 22.5. The number of benzene rings is 2. The van der Waals surface area contributed by atoms with E-state index in [9.17, 15) is 5.11 Å². The van der Waals surface area contributed by atoms with Crippen LogP contribution < -0.4 is 10.6 Å². The van der Waals surface area contributed by atoms with E-state index in [1.807, 2.05) is 34.7 Å². The highest BCUT2D eigenvalue weighted by molar-refractivity contribution is 5.86. The average molecular weight is 504 g/mol. The van der Waals surface area contributed by atoms with Crippen LogP contribution in [0.4, 0.5) is 5.95 Å². The smallest absolute Gasteiger partial charge is 0.233 e. The van der Waals surface area contributed by atoms with Crippen LogP contribution in [-0.4, -0.2) is 48.4 Å². The Morgan fingerprint density at radius 2 is 1.53 bits per heavy atom. The van der Waals surface area contributed by atoms with Crippen LogP contribution in [0.2, 0.25) is 0 Å². The molecule has 190 valence electrons. The molecule has 0 amide bonds. The number of pyridine rings is 1. The maximum absolute atomic E-state index is 10.9. The predicted octanol–water partition coefficient (Wildman–Crippen LogP) is 4.31. The van der Waals surface area contributed by atoms with Gasteiger partial charge in [0, 0.05) is 29.8 Å². The molecule has 3 aromatic heterocycles. The van der Waals surface area contributed by atoms with Crippen molar-refractivity contribution in [1.29, 1.82) is 0 Å². The summed E-state index contributed by atoms with van der Waals surface area (Å²) >= 11 is 0. The Morgan fingerprint density at radius 3 is 2.21 bits per heavy atom. The first kappa shape index (κ1) is 22.1. The molecule has 0 bridgehead atoms. The Bertz CT molecular complexity index is 1680. The molecule has 8 heteroatoms. The number of nitrogens with two attached hydrogens (primary N) is 1. The Kier molecular flexibility index (Phi) is 4.55. The van der Waals surface area contributed by atoms with Crippen molar-refractivity contribution in [1.82, 2.24) is 24.6 Å². The van der Waals surface area contributed by atoms with Crippen molar-refractivity contribution in [2.45, 2.75) is 43.2 Å². The van der Waals surface area contributed by atoms with Gasteiger partial charge in [-0.3, -0.25) is 0 Å². The molecule has 1 saturated heterocycles. The SMILES string of the molecule is NC1(c2ccc(-c3nc4ccc5nnc(N6CCC6)n5c4nc3-c3ccccc3)cc2)CC(O)(C2CC2)C1. The molecule has 3 N–H and O–H groups in total. The average Bonchev–Trinajstić information content (AvgIpc) is 3.68. The first-order valence-corrected chi connectivity index (χ1v) is 13.5. The van der Waals surface area contributed by atoms with Gasteiger partial charge in [0.1, 0.15) is 5.52 Å². The molecule has 4 heterocycles. The van der Waals surface area contributed by atoms with Crippen molar-refractivity contribution >= 4 is 22.8 Å². The molecular weight excluding hydrogens is 474 g/mol. The predicted molar refractivity (Wildman–Crippen MR) is 147 cm³/mol. The van der Waals surface area contributed by atoms with Gasteiger partial charge in [-0.15, -0.1) is 10.2 Å². The number of fused-ring (bicyclic) bond motifs is 3. The normalized spacial score (nSPS) is 24.9. The Balaban J connectivity index is 1.25. The number of aromatic nitrogens is 5. The van der Waals surface area contributed by atoms with E-state index < -0.39 is 11.1 Å². The third-order valence-electron chi connectivity index (χ3n) is 8.68. The van der Waals surface area contributed by atoms with Gasteiger partial charge in [0.15, 0.2) is 11.3 Å². The summed E-state index contributed by atoms with van der Waals surface area (Å²) in [4.78, 5) is 12.6. The fraction of sp³-hybridized carbons (Fsp3) is 0.333. The fourth-order valence-corrected chi connectivity index (χ4v) is 6.30. The minimum Gasteiger partial charge on any atom is -0.389 e. The monoisotopic (exact) mass is 503 g/mol. The number of anilines is 1. The zero-order chi connectivity index (χ0) is 25.5. The maximum atomic E-state index is 10.9. The molecular formula is C30H29N7O. The second kappa shape index (κ2) is 7.82. The molecule has 8 rings (SSSR count). The lowest BCUT2D eigenvalue weighted by atomic mass is 9.60. The highest BCUT2D eigenvalue weighted by Crippen LogP contribution is 2.57. The minimum absolute atomic E-state index is 0.429. The van der Waals surface area contributed by atoms with Gasteiger partial charge in [0.05, 0.1) is 17.0 Å². The fourth-order valence-electron chi connectivity index (χ4n) is 6.30. The van der Waals surface area contributed by atoms with Crippen LogP contribution in [0.3, 0.4) is 0 Å². The number of rotatable bonds is 5. The second-order valence-corrected chi connectivity index (χ2v) is 11.3. The Morgan fingerprint density at radius 1 is 0.816 bits per heavy atom. The summed E-state index contributed by atoms with van der Waals surface area (Å²) in [6.07, 6.45) is 4.65. The molecule has 2 aliphatic carbocycles. The van der Waals surface area contributed by atoms with Gasteiger partial charge < -0.3 is 15.7 Å². The molecule has 3 aliphatic rings. The first-order valence-electron chi connectivity index (χ1n) is 13.5. The third kappa shape index (κ3) is 3.30. The highest BCUT2D eigenvalue weighted by Gasteiger charge is 2.58. The summed E-state index contributed by atoms with van der Waals surface area (Å²) in [6.45, 7) is 1.95. The largest absolute Gasteiger partial charge is 0.389 e. The lowest BCUT2D eigenvalue weighted by Crippen LogP contribution is -2.60. The second-order valence-electron chi connectivity index (χ2n) is 11.3. The van der Waals surface area contributed by atoms with Crippen LogP contribution in [-0.2, 0) is 5.54 Å². The lowest BCUT2D eigenvalue weighted by Gasteiger charge is -2.52. The van der Waals surface area contributed by atoms with Crippen molar-refractivity contribution in [2.24, 2.45) is 11.7 Å². The number of hydrogen-bond acceptors (Lipinski definition) is 7. The number of hydrogen-bond donors (Lipinski definition) is 2. The van der Waals surface area contributed by atoms with Gasteiger partial charge in [-0.2, -0.15) is 0 Å². The van der Waals surface area contributed by atoms with E-state index in [1.165, 1.54) is 0 Å². The van der Waals surface area contributed by atoms with Crippen LogP contribution in [0.25, 0.3) is 39.3 Å². The molecule has 0 atom stereocenters. The quantitative estimate of drug-likeness (QED) is 0.368. The van der Waals surface area contributed by atoms with Crippen LogP contribution in [0.15, 0.2) is 66.7 Å². The third-order valence-corrected chi connectivity index (χ3v) is 8.68. The van der Waals surface area contributed by atoms with Crippen molar-refractivity contribution in [3.8, 4) is 22.5 Å². The van der Waals surface area contributed by atoms with Gasteiger partial charge in [-0.25, -0.2) is 14.4 Å². The van der Waals surface area contributed by atoms with E-state index >= 15 is 0 Å². The van der Waals surface area contributed by atoms with Gasteiger partial charge in [0.25, 0.3) is 0 Å². The van der Waals surface area contributed by atoms with E-state index in [1.54, 1.807) is 0 Å². The first-order chi connectivity index (χ1) is 18.5. The topological polar surface area (TPSA) is 105 Å². The van der Waals surface area contributed by atoms with E-state index in [0.29, 0.717) is 18.8 Å². The van der Waals surface area contributed by atoms with Crippen molar-refractivity contribution in [2.75, 3.05) is 18.0 Å². The summed E-state index contributed by atoms with van der Waals surface area (Å²) < 4.78 is 2.02. The maximum Gasteiger partial charge on any atom is 0.233 e. The molecule has 8 nitrogen and oxygen atoms in total. The molecule has 1 aliphatic heterocycles. The number of nitrogens with zero attached hydrogens (tertiary/aromatic N) is 6. The molecule has 2 saturated carbocycles. The molecule has 0 unspecified atom stereocenters. The number of aliphatic hydroxyl groups is 1. The van der Waals surface area contributed by atoms with Crippen molar-refractivity contribution in [3.05, 3.63) is 72.3 Å². The summed E-state index contributed by atoms with van der Waals surface area (Å²) in [5.74, 6) is 1.25. The standard InChI is InChI=1S/C30H29N7O/c31-29(17-30(38,18-29)22-11-12-22)21-9-7-20(8-10-21)25-26(19-5-2-1-3-6-19)33-27-23(32-25)13-14-24-34-35-28(37(24)27)36-15-4-16-36/h1-3,5-10,13-14,22,38H,4,11-12,15-18,31H2. The summed E-state index contributed by atoms with van der Waals surface area (Å²) in [5.41, 5.74) is 12.7.